The standard InChI is InChI=1S/C21H24/c1-6-17-13-12-16(2)19(14-17)20(21(3,4)5)15-18-10-8-7-9-11-18/h6-15H,1H2,2-5H3. The summed E-state index contributed by atoms with van der Waals surface area (Å²) in [5.74, 6) is 0. The molecule has 0 saturated carbocycles. The molecule has 0 saturated heterocycles. The fourth-order valence-electron chi connectivity index (χ4n) is 2.47. The zero-order valence-corrected chi connectivity index (χ0v) is 13.5. The quantitative estimate of drug-likeness (QED) is 0.583. The smallest absolute Gasteiger partial charge is 0.0126 e. The van der Waals surface area contributed by atoms with Crippen molar-refractivity contribution < 1.29 is 0 Å². The summed E-state index contributed by atoms with van der Waals surface area (Å²) in [6.07, 6.45) is 4.21. The van der Waals surface area contributed by atoms with Crippen LogP contribution in [0.2, 0.25) is 0 Å². The second kappa shape index (κ2) is 6.13. The number of allylic oxidation sites excluding steroid dienone is 1. The SMILES string of the molecule is C=Cc1ccc(C)c(C(=Cc2ccccc2)C(C)(C)C)c1. The largest absolute Gasteiger partial charge is 0.0985 e. The van der Waals surface area contributed by atoms with Crippen LogP contribution in [0.4, 0.5) is 0 Å². The van der Waals surface area contributed by atoms with Crippen molar-refractivity contribution in [3.63, 3.8) is 0 Å². The van der Waals surface area contributed by atoms with Crippen molar-refractivity contribution in [2.24, 2.45) is 5.41 Å². The Kier molecular flexibility index (Phi) is 4.47. The molecule has 0 spiro atoms. The molecule has 0 aliphatic carbocycles. The molecule has 2 aromatic carbocycles. The van der Waals surface area contributed by atoms with E-state index in [4.69, 9.17) is 0 Å². The van der Waals surface area contributed by atoms with Crippen molar-refractivity contribution in [2.75, 3.05) is 0 Å². The average Bonchev–Trinajstić information content (AvgIpc) is 2.46. The third-order valence-electron chi connectivity index (χ3n) is 3.71. The maximum absolute atomic E-state index is 3.89. The summed E-state index contributed by atoms with van der Waals surface area (Å²) in [5.41, 5.74) is 6.46. The van der Waals surface area contributed by atoms with Crippen LogP contribution in [0.1, 0.15) is 43.0 Å². The Morgan fingerprint density at radius 2 is 1.62 bits per heavy atom. The van der Waals surface area contributed by atoms with E-state index in [1.165, 1.54) is 27.8 Å². The molecule has 0 amide bonds. The van der Waals surface area contributed by atoms with Gasteiger partial charge in [0.05, 0.1) is 0 Å². The highest BCUT2D eigenvalue weighted by Gasteiger charge is 2.20. The van der Waals surface area contributed by atoms with Crippen LogP contribution < -0.4 is 0 Å². The van der Waals surface area contributed by atoms with Gasteiger partial charge in [0.2, 0.25) is 0 Å². The van der Waals surface area contributed by atoms with Crippen LogP contribution >= 0.6 is 0 Å². The Labute approximate surface area is 128 Å². The third kappa shape index (κ3) is 3.72. The van der Waals surface area contributed by atoms with E-state index in [1.54, 1.807) is 0 Å². The van der Waals surface area contributed by atoms with Crippen LogP contribution in [0.15, 0.2) is 55.1 Å². The highest BCUT2D eigenvalue weighted by Crippen LogP contribution is 2.37. The van der Waals surface area contributed by atoms with Gasteiger partial charge in [0.25, 0.3) is 0 Å². The first-order valence-electron chi connectivity index (χ1n) is 7.42. The zero-order chi connectivity index (χ0) is 15.5. The van der Waals surface area contributed by atoms with E-state index in [2.05, 4.69) is 88.9 Å². The molecule has 0 aliphatic rings. The van der Waals surface area contributed by atoms with E-state index in [0.717, 1.165) is 0 Å². The first-order valence-corrected chi connectivity index (χ1v) is 7.42. The molecule has 0 N–H and O–H groups in total. The molecular weight excluding hydrogens is 252 g/mol. The predicted molar refractivity (Wildman–Crippen MR) is 95.0 cm³/mol. The Morgan fingerprint density at radius 3 is 2.19 bits per heavy atom. The van der Waals surface area contributed by atoms with Gasteiger partial charge in [-0.2, -0.15) is 0 Å². The summed E-state index contributed by atoms with van der Waals surface area (Å²) in [6, 6.07) is 17.1. The Morgan fingerprint density at radius 1 is 0.952 bits per heavy atom. The molecule has 0 aromatic heterocycles. The Balaban J connectivity index is 2.62. The number of aryl methyl sites for hydroxylation is 1. The molecule has 108 valence electrons. The minimum Gasteiger partial charge on any atom is -0.0985 e. The summed E-state index contributed by atoms with van der Waals surface area (Å²) >= 11 is 0. The van der Waals surface area contributed by atoms with E-state index < -0.39 is 0 Å². The van der Waals surface area contributed by atoms with Crippen molar-refractivity contribution in [3.05, 3.63) is 77.4 Å². The van der Waals surface area contributed by atoms with Crippen LogP contribution in [-0.4, -0.2) is 0 Å². The summed E-state index contributed by atoms with van der Waals surface area (Å²) in [4.78, 5) is 0. The molecule has 21 heavy (non-hydrogen) atoms. The highest BCUT2D eigenvalue weighted by atomic mass is 14.2. The molecule has 0 bridgehead atoms. The average molecular weight is 276 g/mol. The molecule has 0 aliphatic heterocycles. The van der Waals surface area contributed by atoms with E-state index in [1.807, 2.05) is 6.08 Å². The van der Waals surface area contributed by atoms with Gasteiger partial charge in [0.1, 0.15) is 0 Å². The van der Waals surface area contributed by atoms with Gasteiger partial charge < -0.3 is 0 Å². The predicted octanol–water partition coefficient (Wildman–Crippen LogP) is 6.22. The maximum atomic E-state index is 3.89. The molecule has 0 heteroatoms. The summed E-state index contributed by atoms with van der Waals surface area (Å²) in [7, 11) is 0. The molecule has 0 nitrogen and oxygen atoms in total. The van der Waals surface area contributed by atoms with Crippen molar-refractivity contribution in [2.45, 2.75) is 27.7 Å². The summed E-state index contributed by atoms with van der Waals surface area (Å²) < 4.78 is 0. The van der Waals surface area contributed by atoms with Crippen LogP contribution in [0.25, 0.3) is 17.7 Å². The van der Waals surface area contributed by atoms with Gasteiger partial charge in [-0.3, -0.25) is 0 Å². The van der Waals surface area contributed by atoms with Gasteiger partial charge in [-0.25, -0.2) is 0 Å². The van der Waals surface area contributed by atoms with Gasteiger partial charge in [0, 0.05) is 0 Å². The van der Waals surface area contributed by atoms with E-state index in [-0.39, 0.29) is 5.41 Å². The van der Waals surface area contributed by atoms with Gasteiger partial charge in [-0.05, 0) is 46.2 Å². The molecule has 2 aromatic rings. The van der Waals surface area contributed by atoms with Gasteiger partial charge >= 0.3 is 0 Å². The highest BCUT2D eigenvalue weighted by molar-refractivity contribution is 5.86. The van der Waals surface area contributed by atoms with Crippen molar-refractivity contribution in [3.8, 4) is 0 Å². The lowest BCUT2D eigenvalue weighted by atomic mass is 9.79. The Bertz CT molecular complexity index is 652. The van der Waals surface area contributed by atoms with Crippen LogP contribution in [0, 0.1) is 12.3 Å². The molecule has 0 unspecified atom stereocenters. The molecule has 0 heterocycles. The minimum atomic E-state index is 0.0837. The van der Waals surface area contributed by atoms with Crippen molar-refractivity contribution in [1.82, 2.24) is 0 Å². The first-order chi connectivity index (χ1) is 9.91. The molecule has 0 atom stereocenters. The zero-order valence-electron chi connectivity index (χ0n) is 13.5. The van der Waals surface area contributed by atoms with Crippen molar-refractivity contribution in [1.29, 1.82) is 0 Å². The monoisotopic (exact) mass is 276 g/mol. The lowest BCUT2D eigenvalue weighted by molar-refractivity contribution is 0.568. The third-order valence-corrected chi connectivity index (χ3v) is 3.71. The molecule has 0 fully saturated rings. The normalized spacial score (nSPS) is 12.3. The van der Waals surface area contributed by atoms with E-state index in [0.29, 0.717) is 0 Å². The molecule has 0 radical (unpaired) electrons. The topological polar surface area (TPSA) is 0 Å². The lowest BCUT2D eigenvalue weighted by Crippen LogP contribution is -2.09. The fraction of sp³-hybridized carbons (Fsp3) is 0.238. The maximum Gasteiger partial charge on any atom is -0.0126 e. The van der Waals surface area contributed by atoms with Gasteiger partial charge in [0.15, 0.2) is 0 Å². The summed E-state index contributed by atoms with van der Waals surface area (Å²) in [5, 5.41) is 0. The lowest BCUT2D eigenvalue weighted by Gasteiger charge is -2.25. The summed E-state index contributed by atoms with van der Waals surface area (Å²) in [6.45, 7) is 12.9. The van der Waals surface area contributed by atoms with Crippen LogP contribution in [-0.2, 0) is 0 Å². The fourth-order valence-corrected chi connectivity index (χ4v) is 2.47. The molecule has 2 rings (SSSR count). The van der Waals surface area contributed by atoms with Crippen LogP contribution in [0.5, 0.6) is 0 Å². The van der Waals surface area contributed by atoms with Gasteiger partial charge in [-0.15, -0.1) is 0 Å². The number of benzene rings is 2. The van der Waals surface area contributed by atoms with Gasteiger partial charge in [-0.1, -0.05) is 82.0 Å². The molecular formula is C21H24. The second-order valence-electron chi connectivity index (χ2n) is 6.50. The number of rotatable bonds is 3. The van der Waals surface area contributed by atoms with E-state index in [9.17, 15) is 0 Å². The van der Waals surface area contributed by atoms with Crippen molar-refractivity contribution >= 4 is 17.7 Å². The Hall–Kier alpha value is -2.08. The minimum absolute atomic E-state index is 0.0837. The number of hydrogen-bond acceptors (Lipinski definition) is 0. The first kappa shape index (κ1) is 15.3. The van der Waals surface area contributed by atoms with E-state index >= 15 is 0 Å². The second-order valence-corrected chi connectivity index (χ2v) is 6.50. The van der Waals surface area contributed by atoms with Crippen LogP contribution in [0.3, 0.4) is 0 Å². The number of hydrogen-bond donors (Lipinski definition) is 0.